The molecule has 1 heterocycles. The summed E-state index contributed by atoms with van der Waals surface area (Å²) < 4.78 is 16.9. The summed E-state index contributed by atoms with van der Waals surface area (Å²) in [7, 11) is 0. The molecule has 0 bridgehead atoms. The molecule has 0 radical (unpaired) electrons. The van der Waals surface area contributed by atoms with Gasteiger partial charge in [0.05, 0.1) is 5.60 Å². The highest BCUT2D eigenvalue weighted by atomic mass is 16.7. The van der Waals surface area contributed by atoms with Crippen LogP contribution in [-0.4, -0.2) is 42.9 Å². The first-order valence-corrected chi connectivity index (χ1v) is 7.26. The molecule has 2 unspecified atom stereocenters. The molecule has 0 aromatic carbocycles. The largest absolute Gasteiger partial charge is 0.388 e. The lowest BCUT2D eigenvalue weighted by Gasteiger charge is -2.48. The minimum absolute atomic E-state index is 0.0624. The van der Waals surface area contributed by atoms with Gasteiger partial charge < -0.3 is 19.3 Å². The van der Waals surface area contributed by atoms with E-state index in [0.717, 1.165) is 32.3 Å². The molecular formula is C14H26O4. The molecule has 1 saturated carbocycles. The zero-order chi connectivity index (χ0) is 13.0. The van der Waals surface area contributed by atoms with Crippen molar-refractivity contribution in [3.63, 3.8) is 0 Å². The summed E-state index contributed by atoms with van der Waals surface area (Å²) in [5.74, 6) is 0.238. The molecule has 2 aliphatic rings. The molecule has 4 nitrogen and oxygen atoms in total. The number of rotatable bonds is 6. The molecule has 4 heteroatoms. The molecule has 1 N–H and O–H groups in total. The summed E-state index contributed by atoms with van der Waals surface area (Å²) >= 11 is 0. The van der Waals surface area contributed by atoms with Gasteiger partial charge in [0.1, 0.15) is 6.10 Å². The van der Waals surface area contributed by atoms with Gasteiger partial charge in [0, 0.05) is 19.8 Å². The van der Waals surface area contributed by atoms with Crippen LogP contribution >= 0.6 is 0 Å². The lowest BCUT2D eigenvalue weighted by molar-refractivity contribution is -0.224. The summed E-state index contributed by atoms with van der Waals surface area (Å²) in [6, 6.07) is 0. The molecule has 2 atom stereocenters. The number of ether oxygens (including phenoxy) is 3. The topological polar surface area (TPSA) is 47.9 Å². The van der Waals surface area contributed by atoms with Gasteiger partial charge >= 0.3 is 0 Å². The second kappa shape index (κ2) is 6.33. The Morgan fingerprint density at radius 3 is 2.44 bits per heavy atom. The zero-order valence-corrected chi connectivity index (χ0v) is 11.6. The fraction of sp³-hybridized carbons (Fsp3) is 1.00. The van der Waals surface area contributed by atoms with Gasteiger partial charge in [0.2, 0.25) is 0 Å². The van der Waals surface area contributed by atoms with E-state index in [0.29, 0.717) is 13.2 Å². The average molecular weight is 258 g/mol. The summed E-state index contributed by atoms with van der Waals surface area (Å²) in [4.78, 5) is 0. The van der Waals surface area contributed by atoms with E-state index in [4.69, 9.17) is 14.2 Å². The second-order valence-electron chi connectivity index (χ2n) is 5.41. The van der Waals surface area contributed by atoms with Gasteiger partial charge in [-0.1, -0.05) is 0 Å². The van der Waals surface area contributed by atoms with Crippen molar-refractivity contribution in [1.82, 2.24) is 0 Å². The number of aliphatic hydroxyl groups excluding tert-OH is 1. The maximum atomic E-state index is 10.4. The average Bonchev–Trinajstić information content (AvgIpc) is 2.36. The van der Waals surface area contributed by atoms with Crippen molar-refractivity contribution < 1.29 is 19.3 Å². The second-order valence-corrected chi connectivity index (χ2v) is 5.41. The van der Waals surface area contributed by atoms with Gasteiger partial charge in [-0.3, -0.25) is 0 Å². The Bertz CT molecular complexity index is 246. The Kier molecular flexibility index (Phi) is 5.01. The van der Waals surface area contributed by atoms with E-state index in [1.807, 2.05) is 13.8 Å². The molecule has 0 aromatic rings. The fourth-order valence-electron chi connectivity index (χ4n) is 3.07. The summed E-state index contributed by atoms with van der Waals surface area (Å²) in [5, 5.41) is 10.4. The summed E-state index contributed by atoms with van der Waals surface area (Å²) in [5.41, 5.74) is 0.0624. The summed E-state index contributed by atoms with van der Waals surface area (Å²) in [6.45, 7) is 5.74. The molecule has 106 valence electrons. The Morgan fingerprint density at radius 1 is 1.28 bits per heavy atom. The lowest BCUT2D eigenvalue weighted by Crippen LogP contribution is -2.50. The fourth-order valence-corrected chi connectivity index (χ4v) is 3.07. The molecule has 1 aliphatic heterocycles. The number of hydrogen-bond acceptors (Lipinski definition) is 4. The molecule has 1 aliphatic carbocycles. The molecule has 1 saturated heterocycles. The third-order valence-electron chi connectivity index (χ3n) is 4.22. The number of hydrogen-bond donors (Lipinski definition) is 1. The Balaban J connectivity index is 1.91. The van der Waals surface area contributed by atoms with Gasteiger partial charge in [-0.15, -0.1) is 0 Å². The molecule has 0 amide bonds. The Morgan fingerprint density at radius 2 is 1.94 bits per heavy atom. The van der Waals surface area contributed by atoms with Crippen molar-refractivity contribution in [2.45, 2.75) is 63.9 Å². The third-order valence-corrected chi connectivity index (χ3v) is 4.22. The van der Waals surface area contributed by atoms with Crippen molar-refractivity contribution in [2.75, 3.05) is 19.8 Å². The van der Waals surface area contributed by atoms with E-state index in [1.54, 1.807) is 0 Å². The first-order chi connectivity index (χ1) is 8.71. The van der Waals surface area contributed by atoms with Gasteiger partial charge in [-0.05, 0) is 51.9 Å². The first kappa shape index (κ1) is 14.3. The van der Waals surface area contributed by atoms with Crippen LogP contribution in [0.1, 0.15) is 46.0 Å². The van der Waals surface area contributed by atoms with Gasteiger partial charge in [-0.25, -0.2) is 0 Å². The maximum Gasteiger partial charge on any atom is 0.183 e. The molecule has 18 heavy (non-hydrogen) atoms. The highest BCUT2D eigenvalue weighted by Crippen LogP contribution is 2.45. The van der Waals surface area contributed by atoms with Crippen molar-refractivity contribution in [1.29, 1.82) is 0 Å². The molecule has 1 spiro atoms. The molecular weight excluding hydrogens is 232 g/mol. The Hall–Kier alpha value is -0.160. The van der Waals surface area contributed by atoms with Crippen molar-refractivity contribution in [2.24, 2.45) is 5.92 Å². The molecule has 0 aromatic heterocycles. The standard InChI is InChI=1S/C14H26O4/c1-3-16-13(17-4-2)12(15)11-6-9-18-14(10-11)7-5-8-14/h11-13,15H,3-10H2,1-2H3. The zero-order valence-electron chi connectivity index (χ0n) is 11.6. The van der Waals surface area contributed by atoms with E-state index < -0.39 is 12.4 Å². The predicted octanol–water partition coefficient (Wildman–Crippen LogP) is 2.10. The van der Waals surface area contributed by atoms with Crippen LogP contribution in [0.3, 0.4) is 0 Å². The van der Waals surface area contributed by atoms with Crippen LogP contribution in [0, 0.1) is 5.92 Å². The van der Waals surface area contributed by atoms with Crippen LogP contribution in [0.4, 0.5) is 0 Å². The van der Waals surface area contributed by atoms with Crippen LogP contribution in [0.5, 0.6) is 0 Å². The quantitative estimate of drug-likeness (QED) is 0.741. The van der Waals surface area contributed by atoms with Crippen LogP contribution in [0.2, 0.25) is 0 Å². The highest BCUT2D eigenvalue weighted by molar-refractivity contribution is 4.95. The number of aliphatic hydroxyl groups is 1. The van der Waals surface area contributed by atoms with E-state index in [9.17, 15) is 5.11 Å². The Labute approximate surface area is 110 Å². The monoisotopic (exact) mass is 258 g/mol. The van der Waals surface area contributed by atoms with Crippen molar-refractivity contribution in [3.05, 3.63) is 0 Å². The van der Waals surface area contributed by atoms with Gasteiger partial charge in [0.15, 0.2) is 6.29 Å². The van der Waals surface area contributed by atoms with E-state index in [-0.39, 0.29) is 11.5 Å². The normalized spacial score (nSPS) is 28.3. The molecule has 2 fully saturated rings. The predicted molar refractivity (Wildman–Crippen MR) is 68.3 cm³/mol. The minimum Gasteiger partial charge on any atom is -0.388 e. The van der Waals surface area contributed by atoms with Crippen molar-refractivity contribution >= 4 is 0 Å². The smallest absolute Gasteiger partial charge is 0.183 e. The highest BCUT2D eigenvalue weighted by Gasteiger charge is 2.45. The van der Waals surface area contributed by atoms with Crippen LogP contribution in [0.15, 0.2) is 0 Å². The lowest BCUT2D eigenvalue weighted by atomic mass is 9.71. The minimum atomic E-state index is -0.536. The first-order valence-electron chi connectivity index (χ1n) is 7.26. The van der Waals surface area contributed by atoms with Gasteiger partial charge in [0.25, 0.3) is 0 Å². The van der Waals surface area contributed by atoms with E-state index in [2.05, 4.69) is 0 Å². The molecule has 2 rings (SSSR count). The van der Waals surface area contributed by atoms with Crippen molar-refractivity contribution in [3.8, 4) is 0 Å². The van der Waals surface area contributed by atoms with Gasteiger partial charge in [-0.2, -0.15) is 0 Å². The van der Waals surface area contributed by atoms with Crippen LogP contribution in [0.25, 0.3) is 0 Å². The van der Waals surface area contributed by atoms with Crippen LogP contribution in [-0.2, 0) is 14.2 Å². The third kappa shape index (κ3) is 3.05. The van der Waals surface area contributed by atoms with E-state index >= 15 is 0 Å². The maximum absolute atomic E-state index is 10.4. The summed E-state index contributed by atoms with van der Waals surface area (Å²) in [6.07, 6.45) is 4.37. The van der Waals surface area contributed by atoms with Crippen LogP contribution < -0.4 is 0 Å². The SMILES string of the molecule is CCOC(OCC)C(O)C1CCOC2(CCC2)C1. The van der Waals surface area contributed by atoms with E-state index in [1.165, 1.54) is 6.42 Å².